The van der Waals surface area contributed by atoms with Crippen molar-refractivity contribution in [3.8, 4) is 5.75 Å². The predicted octanol–water partition coefficient (Wildman–Crippen LogP) is 2.49. The van der Waals surface area contributed by atoms with E-state index in [4.69, 9.17) is 9.47 Å². The molecule has 3 rings (SSSR count). The zero-order valence-corrected chi connectivity index (χ0v) is 12.2. The van der Waals surface area contributed by atoms with E-state index in [9.17, 15) is 0 Å². The van der Waals surface area contributed by atoms with Gasteiger partial charge >= 0.3 is 0 Å². The largest absolute Gasteiger partial charge is 0.489 e. The summed E-state index contributed by atoms with van der Waals surface area (Å²) >= 11 is 0. The molecule has 4 nitrogen and oxygen atoms in total. The van der Waals surface area contributed by atoms with Crippen LogP contribution >= 0.6 is 0 Å². The van der Waals surface area contributed by atoms with E-state index in [0.717, 1.165) is 50.8 Å². The predicted molar refractivity (Wildman–Crippen MR) is 80.4 cm³/mol. The number of hydrogen-bond donors (Lipinski definition) is 1. The van der Waals surface area contributed by atoms with Crippen LogP contribution in [0.15, 0.2) is 18.2 Å². The highest BCUT2D eigenvalue weighted by Gasteiger charge is 2.22. The van der Waals surface area contributed by atoms with E-state index in [1.54, 1.807) is 0 Å². The van der Waals surface area contributed by atoms with Crippen molar-refractivity contribution in [3.63, 3.8) is 0 Å². The smallest absolute Gasteiger partial charge is 0.146 e. The van der Waals surface area contributed by atoms with Gasteiger partial charge < -0.3 is 14.8 Å². The molecule has 0 radical (unpaired) electrons. The number of likely N-dealkylation sites (tertiary alicyclic amines) is 1. The maximum Gasteiger partial charge on any atom is 0.146 e. The van der Waals surface area contributed by atoms with Crippen molar-refractivity contribution in [2.45, 2.75) is 32.4 Å². The first-order valence-corrected chi connectivity index (χ1v) is 7.69. The quantitative estimate of drug-likeness (QED) is 0.916. The van der Waals surface area contributed by atoms with Gasteiger partial charge in [-0.25, -0.2) is 0 Å². The zero-order chi connectivity index (χ0) is 13.8. The Morgan fingerprint density at radius 2 is 2.40 bits per heavy atom. The van der Waals surface area contributed by atoms with Crippen molar-refractivity contribution >= 4 is 5.69 Å². The van der Waals surface area contributed by atoms with Gasteiger partial charge in [0.1, 0.15) is 12.4 Å². The fraction of sp³-hybridized carbons (Fsp3) is 0.625. The van der Waals surface area contributed by atoms with E-state index in [2.05, 4.69) is 35.3 Å². The summed E-state index contributed by atoms with van der Waals surface area (Å²) in [5.41, 5.74) is 2.42. The van der Waals surface area contributed by atoms with Crippen LogP contribution in [0.5, 0.6) is 5.75 Å². The minimum atomic E-state index is 0.396. The molecule has 0 aromatic heterocycles. The number of rotatable bonds is 4. The summed E-state index contributed by atoms with van der Waals surface area (Å²) in [6, 6.07) is 6.38. The summed E-state index contributed by atoms with van der Waals surface area (Å²) < 4.78 is 11.6. The third-order valence-corrected chi connectivity index (χ3v) is 4.02. The second-order valence-electron chi connectivity index (χ2n) is 5.52. The van der Waals surface area contributed by atoms with Crippen molar-refractivity contribution in [2.24, 2.45) is 0 Å². The van der Waals surface area contributed by atoms with E-state index in [1.807, 2.05) is 0 Å². The van der Waals surface area contributed by atoms with Crippen LogP contribution in [0.1, 0.15) is 25.3 Å². The average molecular weight is 276 g/mol. The lowest BCUT2D eigenvalue weighted by Crippen LogP contribution is -2.39. The molecule has 1 fully saturated rings. The monoisotopic (exact) mass is 276 g/mol. The van der Waals surface area contributed by atoms with Gasteiger partial charge in [-0.15, -0.1) is 0 Å². The number of para-hydroxylation sites is 1. The molecule has 0 saturated carbocycles. The van der Waals surface area contributed by atoms with Crippen molar-refractivity contribution in [1.29, 1.82) is 0 Å². The number of nitrogens with zero attached hydrogens (tertiary/aromatic N) is 1. The molecule has 20 heavy (non-hydrogen) atoms. The second kappa shape index (κ2) is 6.46. The summed E-state index contributed by atoms with van der Waals surface area (Å²) in [6.07, 6.45) is 2.81. The first-order valence-electron chi connectivity index (χ1n) is 7.69. The highest BCUT2D eigenvalue weighted by Crippen LogP contribution is 2.32. The van der Waals surface area contributed by atoms with Gasteiger partial charge in [0.15, 0.2) is 0 Å². The molecule has 1 aromatic carbocycles. The van der Waals surface area contributed by atoms with Gasteiger partial charge in [0.25, 0.3) is 0 Å². The lowest BCUT2D eigenvalue weighted by molar-refractivity contribution is 0.00342. The van der Waals surface area contributed by atoms with Crippen molar-refractivity contribution in [1.82, 2.24) is 4.90 Å². The van der Waals surface area contributed by atoms with E-state index >= 15 is 0 Å². The lowest BCUT2D eigenvalue weighted by Gasteiger charge is -2.33. The minimum Gasteiger partial charge on any atom is -0.489 e. The Balaban J connectivity index is 1.68. The highest BCUT2D eigenvalue weighted by atomic mass is 16.5. The molecule has 0 aliphatic carbocycles. The minimum absolute atomic E-state index is 0.396. The van der Waals surface area contributed by atoms with Gasteiger partial charge in [-0.2, -0.15) is 0 Å². The van der Waals surface area contributed by atoms with Gasteiger partial charge in [-0.05, 0) is 32.4 Å². The molecule has 2 aliphatic heterocycles. The molecular weight excluding hydrogens is 252 g/mol. The van der Waals surface area contributed by atoms with Crippen LogP contribution in [0, 0.1) is 0 Å². The fourth-order valence-electron chi connectivity index (χ4n) is 3.13. The van der Waals surface area contributed by atoms with Gasteiger partial charge in [-0.1, -0.05) is 12.1 Å². The first kappa shape index (κ1) is 13.7. The SMILES string of the molecule is CCOC1CCCN(Cc2cccc3c2OCCN3)C1. The number of anilines is 1. The third-order valence-electron chi connectivity index (χ3n) is 4.02. The molecule has 0 bridgehead atoms. The second-order valence-corrected chi connectivity index (χ2v) is 5.52. The molecule has 1 atom stereocenters. The van der Waals surface area contributed by atoms with Gasteiger partial charge in [0, 0.05) is 31.8 Å². The highest BCUT2D eigenvalue weighted by molar-refractivity contribution is 5.61. The van der Waals surface area contributed by atoms with E-state index in [-0.39, 0.29) is 0 Å². The third kappa shape index (κ3) is 3.07. The van der Waals surface area contributed by atoms with Crippen molar-refractivity contribution < 1.29 is 9.47 Å². The zero-order valence-electron chi connectivity index (χ0n) is 12.2. The van der Waals surface area contributed by atoms with Crippen molar-refractivity contribution in [2.75, 3.05) is 38.2 Å². The Hall–Kier alpha value is -1.26. The molecular formula is C16H24N2O2. The van der Waals surface area contributed by atoms with Crippen molar-refractivity contribution in [3.05, 3.63) is 23.8 Å². The number of hydrogen-bond acceptors (Lipinski definition) is 4. The number of fused-ring (bicyclic) bond motifs is 1. The van der Waals surface area contributed by atoms with E-state index in [0.29, 0.717) is 6.10 Å². The fourth-order valence-corrected chi connectivity index (χ4v) is 3.13. The molecule has 110 valence electrons. The lowest BCUT2D eigenvalue weighted by atomic mass is 10.1. The van der Waals surface area contributed by atoms with Crippen LogP contribution in [-0.4, -0.2) is 43.9 Å². The van der Waals surface area contributed by atoms with E-state index in [1.165, 1.54) is 18.4 Å². The standard InChI is InChI=1S/C16H24N2O2/c1-2-19-14-6-4-9-18(12-14)11-13-5-3-7-15-16(13)20-10-8-17-15/h3,5,7,14,17H,2,4,6,8-12H2,1H3. The molecule has 0 spiro atoms. The van der Waals surface area contributed by atoms with Crippen LogP contribution in [0.25, 0.3) is 0 Å². The summed E-state index contributed by atoms with van der Waals surface area (Å²) in [5, 5.41) is 3.40. The maximum absolute atomic E-state index is 5.85. The van der Waals surface area contributed by atoms with Crippen LogP contribution < -0.4 is 10.1 Å². The molecule has 2 aliphatic rings. The Labute approximate surface area is 121 Å². The Morgan fingerprint density at radius 1 is 1.45 bits per heavy atom. The Kier molecular flexibility index (Phi) is 4.43. The van der Waals surface area contributed by atoms with Gasteiger partial charge in [0.2, 0.25) is 0 Å². The summed E-state index contributed by atoms with van der Waals surface area (Å²) in [6.45, 7) is 7.68. The van der Waals surface area contributed by atoms with Crippen LogP contribution in [-0.2, 0) is 11.3 Å². The molecule has 1 N–H and O–H groups in total. The summed E-state index contributed by atoms with van der Waals surface area (Å²) in [7, 11) is 0. The molecule has 4 heteroatoms. The van der Waals surface area contributed by atoms with Crippen LogP contribution in [0.2, 0.25) is 0 Å². The number of nitrogens with one attached hydrogen (secondary N) is 1. The summed E-state index contributed by atoms with van der Waals surface area (Å²) in [5.74, 6) is 1.04. The molecule has 1 aromatic rings. The number of piperidine rings is 1. The number of ether oxygens (including phenoxy) is 2. The molecule has 2 heterocycles. The topological polar surface area (TPSA) is 33.7 Å². The normalized spacial score (nSPS) is 22.8. The Morgan fingerprint density at radius 3 is 3.30 bits per heavy atom. The summed E-state index contributed by atoms with van der Waals surface area (Å²) in [4.78, 5) is 2.48. The van der Waals surface area contributed by atoms with Crippen LogP contribution in [0.3, 0.4) is 0 Å². The Bertz CT molecular complexity index is 448. The van der Waals surface area contributed by atoms with E-state index < -0.39 is 0 Å². The average Bonchev–Trinajstić information content (AvgIpc) is 2.48. The molecule has 0 amide bonds. The number of benzene rings is 1. The van der Waals surface area contributed by atoms with Crippen LogP contribution in [0.4, 0.5) is 5.69 Å². The van der Waals surface area contributed by atoms with Gasteiger partial charge in [-0.3, -0.25) is 4.90 Å². The molecule has 1 unspecified atom stereocenters. The first-order chi connectivity index (χ1) is 9.86. The van der Waals surface area contributed by atoms with Gasteiger partial charge in [0.05, 0.1) is 11.8 Å². The maximum atomic E-state index is 5.85. The molecule has 1 saturated heterocycles.